The van der Waals surface area contributed by atoms with Gasteiger partial charge in [-0.2, -0.15) is 18.0 Å². The summed E-state index contributed by atoms with van der Waals surface area (Å²) in [5.74, 6) is -0.146. The van der Waals surface area contributed by atoms with Gasteiger partial charge in [0.05, 0.1) is 52.3 Å². The Morgan fingerprint density at radius 1 is 0.902 bits per heavy atom. The van der Waals surface area contributed by atoms with Crippen LogP contribution < -0.4 is 16.0 Å². The highest BCUT2D eigenvalue weighted by molar-refractivity contribution is 5.97. The Bertz CT molecular complexity index is 1270. The third kappa shape index (κ3) is 10.7. The highest BCUT2D eigenvalue weighted by Gasteiger charge is 2.30. The molecular formula is C25H30F3N7O6. The minimum Gasteiger partial charge on any atom is -0.465 e. The number of halogens is 3. The van der Waals surface area contributed by atoms with E-state index in [2.05, 4.69) is 31.4 Å². The molecule has 1 aromatic heterocycles. The standard InChI is InChI=1S/C25H30F3N7O6/c1-35-33-22(32-34-35)20-16-17(2-7-21(20)31-19-5-3-18(4-6-19)25(26,27)28)23(36)29-8-10-39-12-14-41-15-13-40-11-9-30-24(37)38/h2-7,16,30-31H,8-15H2,1H3,(H,29,36)(H,37,38). The number of carbonyl (C=O) groups is 2. The van der Waals surface area contributed by atoms with Gasteiger partial charge in [-0.15, -0.1) is 10.2 Å². The number of alkyl halides is 3. The van der Waals surface area contributed by atoms with Gasteiger partial charge < -0.3 is 35.3 Å². The van der Waals surface area contributed by atoms with Gasteiger partial charge in [-0.1, -0.05) is 0 Å². The molecule has 0 saturated heterocycles. The molecule has 0 atom stereocenters. The molecule has 0 unspecified atom stereocenters. The number of hydrogen-bond donors (Lipinski definition) is 4. The smallest absolute Gasteiger partial charge is 0.416 e. The van der Waals surface area contributed by atoms with Crippen LogP contribution in [0.25, 0.3) is 11.4 Å². The molecule has 3 rings (SSSR count). The number of carbonyl (C=O) groups excluding carboxylic acids is 1. The largest absolute Gasteiger partial charge is 0.465 e. The van der Waals surface area contributed by atoms with Crippen LogP contribution in [0, 0.1) is 0 Å². The molecule has 0 spiro atoms. The zero-order chi connectivity index (χ0) is 29.7. The van der Waals surface area contributed by atoms with E-state index in [4.69, 9.17) is 19.3 Å². The molecule has 4 N–H and O–H groups in total. The number of hydrogen-bond acceptors (Lipinski definition) is 9. The van der Waals surface area contributed by atoms with Crippen molar-refractivity contribution < 1.29 is 42.1 Å². The molecule has 0 aliphatic carbocycles. The van der Waals surface area contributed by atoms with Crippen LogP contribution in [-0.2, 0) is 27.4 Å². The number of nitrogens with zero attached hydrogens (tertiary/aromatic N) is 4. The fraction of sp³-hybridized carbons (Fsp3) is 0.400. The lowest BCUT2D eigenvalue weighted by atomic mass is 10.1. The van der Waals surface area contributed by atoms with Gasteiger partial charge in [-0.25, -0.2) is 4.79 Å². The molecule has 0 saturated carbocycles. The van der Waals surface area contributed by atoms with Crippen molar-refractivity contribution in [3.05, 3.63) is 53.6 Å². The molecule has 2 amide bonds. The van der Waals surface area contributed by atoms with Crippen molar-refractivity contribution in [1.82, 2.24) is 30.8 Å². The Labute approximate surface area is 233 Å². The molecule has 2 aromatic carbocycles. The van der Waals surface area contributed by atoms with Crippen molar-refractivity contribution in [1.29, 1.82) is 0 Å². The number of aryl methyl sites for hydroxylation is 1. The van der Waals surface area contributed by atoms with Crippen LogP contribution in [0.2, 0.25) is 0 Å². The van der Waals surface area contributed by atoms with Gasteiger partial charge in [-0.05, 0) is 47.7 Å². The zero-order valence-corrected chi connectivity index (χ0v) is 22.1. The Kier molecular flexibility index (Phi) is 11.8. The van der Waals surface area contributed by atoms with Crippen molar-refractivity contribution in [3.63, 3.8) is 0 Å². The number of benzene rings is 2. The van der Waals surface area contributed by atoms with E-state index < -0.39 is 17.8 Å². The van der Waals surface area contributed by atoms with Gasteiger partial charge in [0, 0.05) is 35.6 Å². The molecule has 0 fully saturated rings. The summed E-state index contributed by atoms with van der Waals surface area (Å²) in [5.41, 5.74) is 0.854. The Morgan fingerprint density at radius 3 is 2.07 bits per heavy atom. The van der Waals surface area contributed by atoms with E-state index in [1.165, 1.54) is 16.9 Å². The van der Waals surface area contributed by atoms with Gasteiger partial charge in [0.25, 0.3) is 5.91 Å². The summed E-state index contributed by atoms with van der Waals surface area (Å²) in [7, 11) is 1.58. The van der Waals surface area contributed by atoms with Crippen LogP contribution in [0.1, 0.15) is 15.9 Å². The first kappa shape index (κ1) is 31.3. The first-order chi connectivity index (χ1) is 19.6. The van der Waals surface area contributed by atoms with Gasteiger partial charge >= 0.3 is 12.3 Å². The van der Waals surface area contributed by atoms with E-state index in [-0.39, 0.29) is 38.0 Å². The summed E-state index contributed by atoms with van der Waals surface area (Å²) < 4.78 is 54.7. The second-order valence-corrected chi connectivity index (χ2v) is 8.39. The van der Waals surface area contributed by atoms with Gasteiger partial charge in [0.2, 0.25) is 5.82 Å². The third-order valence-electron chi connectivity index (χ3n) is 5.32. The molecule has 0 aliphatic rings. The number of ether oxygens (including phenoxy) is 3. The summed E-state index contributed by atoms with van der Waals surface area (Å²) >= 11 is 0. The fourth-order valence-electron chi connectivity index (χ4n) is 3.38. The van der Waals surface area contributed by atoms with Crippen molar-refractivity contribution in [3.8, 4) is 11.4 Å². The van der Waals surface area contributed by atoms with Gasteiger partial charge in [0.15, 0.2) is 0 Å². The minimum atomic E-state index is -4.44. The van der Waals surface area contributed by atoms with E-state index in [9.17, 15) is 22.8 Å². The number of amides is 2. The average molecular weight is 582 g/mol. The summed E-state index contributed by atoms with van der Waals surface area (Å²) in [5, 5.41) is 28.4. The molecule has 222 valence electrons. The van der Waals surface area contributed by atoms with Crippen LogP contribution >= 0.6 is 0 Å². The lowest BCUT2D eigenvalue weighted by molar-refractivity contribution is -0.137. The monoisotopic (exact) mass is 581 g/mol. The molecule has 3 aromatic rings. The van der Waals surface area contributed by atoms with Crippen LogP contribution in [0.15, 0.2) is 42.5 Å². The molecule has 1 heterocycles. The van der Waals surface area contributed by atoms with Crippen LogP contribution in [0.4, 0.5) is 29.3 Å². The maximum atomic E-state index is 12.9. The minimum absolute atomic E-state index is 0.201. The Morgan fingerprint density at radius 2 is 1.51 bits per heavy atom. The van der Waals surface area contributed by atoms with E-state index in [1.807, 2.05) is 0 Å². The Balaban J connectivity index is 1.46. The van der Waals surface area contributed by atoms with Crippen molar-refractivity contribution in [2.24, 2.45) is 7.05 Å². The van der Waals surface area contributed by atoms with E-state index >= 15 is 0 Å². The zero-order valence-electron chi connectivity index (χ0n) is 22.1. The molecule has 0 radical (unpaired) electrons. The lowest BCUT2D eigenvalue weighted by Crippen LogP contribution is -2.27. The highest BCUT2D eigenvalue weighted by atomic mass is 19.4. The van der Waals surface area contributed by atoms with Gasteiger partial charge in [0.1, 0.15) is 0 Å². The molecular weight excluding hydrogens is 551 g/mol. The quantitative estimate of drug-likeness (QED) is 0.185. The fourth-order valence-corrected chi connectivity index (χ4v) is 3.38. The van der Waals surface area contributed by atoms with Crippen LogP contribution in [-0.4, -0.2) is 90.0 Å². The normalized spacial score (nSPS) is 11.3. The number of rotatable bonds is 16. The third-order valence-corrected chi connectivity index (χ3v) is 5.32. The molecule has 0 bridgehead atoms. The topological polar surface area (TPSA) is 162 Å². The summed E-state index contributed by atoms with van der Waals surface area (Å²) in [6.45, 7) is 2.23. The van der Waals surface area contributed by atoms with Crippen LogP contribution in [0.3, 0.4) is 0 Å². The highest BCUT2D eigenvalue weighted by Crippen LogP contribution is 2.32. The van der Waals surface area contributed by atoms with Crippen molar-refractivity contribution in [2.45, 2.75) is 6.18 Å². The first-order valence-corrected chi connectivity index (χ1v) is 12.4. The number of carboxylic acid groups (broad SMARTS) is 1. The number of aromatic nitrogens is 4. The number of anilines is 2. The first-order valence-electron chi connectivity index (χ1n) is 12.4. The summed E-state index contributed by atoms with van der Waals surface area (Å²) in [6.07, 6.45) is -5.55. The number of nitrogens with one attached hydrogen (secondary N) is 3. The maximum Gasteiger partial charge on any atom is 0.416 e. The molecule has 16 heteroatoms. The van der Waals surface area contributed by atoms with Crippen LogP contribution in [0.5, 0.6) is 0 Å². The van der Waals surface area contributed by atoms with Gasteiger partial charge in [-0.3, -0.25) is 4.79 Å². The second-order valence-electron chi connectivity index (χ2n) is 8.39. The average Bonchev–Trinajstić information content (AvgIpc) is 3.37. The number of tetrazole rings is 1. The van der Waals surface area contributed by atoms with Crippen molar-refractivity contribution >= 4 is 23.4 Å². The second kappa shape index (κ2) is 15.5. The maximum absolute atomic E-state index is 12.9. The predicted molar refractivity (Wildman–Crippen MR) is 140 cm³/mol. The van der Waals surface area contributed by atoms with E-state index in [1.54, 1.807) is 25.2 Å². The Hall–Kier alpha value is -4.28. The predicted octanol–water partition coefficient (Wildman–Crippen LogP) is 2.69. The summed E-state index contributed by atoms with van der Waals surface area (Å²) in [6, 6.07) is 9.29. The van der Waals surface area contributed by atoms with E-state index in [0.717, 1.165) is 12.1 Å². The van der Waals surface area contributed by atoms with E-state index in [0.29, 0.717) is 48.9 Å². The summed E-state index contributed by atoms with van der Waals surface area (Å²) in [4.78, 5) is 24.3. The SMILES string of the molecule is Cn1nnc(-c2cc(C(=O)NCCOCCOCCOCCNC(=O)O)ccc2Nc2ccc(C(F)(F)F)cc2)n1. The lowest BCUT2D eigenvalue weighted by Gasteiger charge is -2.13. The molecule has 0 aliphatic heterocycles. The molecule has 41 heavy (non-hydrogen) atoms. The molecule has 13 nitrogen and oxygen atoms in total. The van der Waals surface area contributed by atoms with Crippen molar-refractivity contribution in [2.75, 3.05) is 58.0 Å².